The van der Waals surface area contributed by atoms with Gasteiger partial charge in [0.1, 0.15) is 5.75 Å². The van der Waals surface area contributed by atoms with Crippen LogP contribution in [0, 0.1) is 0 Å². The van der Waals surface area contributed by atoms with E-state index in [1.165, 1.54) is 0 Å². The molecule has 0 radical (unpaired) electrons. The van der Waals surface area contributed by atoms with E-state index in [0.717, 1.165) is 37.2 Å². The van der Waals surface area contributed by atoms with Crippen LogP contribution < -0.4 is 4.74 Å². The van der Waals surface area contributed by atoms with Gasteiger partial charge in [-0.1, -0.05) is 0 Å². The highest BCUT2D eigenvalue weighted by atomic mass is 16.5. The van der Waals surface area contributed by atoms with E-state index in [-0.39, 0.29) is 11.9 Å². The van der Waals surface area contributed by atoms with E-state index in [1.807, 2.05) is 31.2 Å². The number of Topliss-reactive ketones (excluding diaryl/α,β-unsaturated/α-hetero) is 1. The third-order valence-electron chi connectivity index (χ3n) is 3.41. The summed E-state index contributed by atoms with van der Waals surface area (Å²) in [5.41, 5.74) is 0.717. The van der Waals surface area contributed by atoms with Crippen molar-refractivity contribution in [3.63, 3.8) is 0 Å². The summed E-state index contributed by atoms with van der Waals surface area (Å²) in [4.78, 5) is 14.2. The van der Waals surface area contributed by atoms with Gasteiger partial charge in [0.2, 0.25) is 0 Å². The number of nitrogens with zero attached hydrogens (tertiary/aromatic N) is 1. The van der Waals surface area contributed by atoms with Gasteiger partial charge in [0.15, 0.2) is 5.78 Å². The molecular weight excluding hydrogens is 242 g/mol. The Labute approximate surface area is 114 Å². The number of carbonyl (C=O) groups excluding carboxylic acids is 1. The molecule has 0 bridgehead atoms. The average Bonchev–Trinajstić information content (AvgIpc) is 2.42. The molecule has 2 rings (SSSR count). The van der Waals surface area contributed by atoms with Gasteiger partial charge in [-0.25, -0.2) is 0 Å². The zero-order valence-electron chi connectivity index (χ0n) is 11.3. The van der Waals surface area contributed by atoms with E-state index in [0.29, 0.717) is 13.2 Å². The third kappa shape index (κ3) is 4.04. The Morgan fingerprint density at radius 1 is 1.32 bits per heavy atom. The first-order chi connectivity index (χ1) is 9.19. The first kappa shape index (κ1) is 14.0. The predicted octanol–water partition coefficient (Wildman–Crippen LogP) is 1.72. The molecule has 0 amide bonds. The molecule has 1 N–H and O–H groups in total. The van der Waals surface area contributed by atoms with E-state index >= 15 is 0 Å². The van der Waals surface area contributed by atoms with Crippen molar-refractivity contribution < 1.29 is 14.6 Å². The van der Waals surface area contributed by atoms with Gasteiger partial charge < -0.3 is 9.84 Å². The van der Waals surface area contributed by atoms with Crippen LogP contribution in [0.4, 0.5) is 0 Å². The molecule has 1 heterocycles. The highest BCUT2D eigenvalue weighted by Crippen LogP contribution is 2.14. The summed E-state index contributed by atoms with van der Waals surface area (Å²) in [5, 5.41) is 9.43. The Balaban J connectivity index is 1.88. The summed E-state index contributed by atoms with van der Waals surface area (Å²) in [6.45, 7) is 4.59. The predicted molar refractivity (Wildman–Crippen MR) is 73.6 cm³/mol. The highest BCUT2D eigenvalue weighted by Gasteiger charge is 2.19. The Bertz CT molecular complexity index is 408. The lowest BCUT2D eigenvalue weighted by Gasteiger charge is -2.28. The maximum atomic E-state index is 12.1. The SMILES string of the molecule is CCOc1ccc(C(=O)CN2CCC(O)CC2)cc1. The Hall–Kier alpha value is -1.39. The van der Waals surface area contributed by atoms with Crippen LogP contribution in [0.3, 0.4) is 0 Å². The average molecular weight is 263 g/mol. The van der Waals surface area contributed by atoms with Crippen LogP contribution in [0.1, 0.15) is 30.1 Å². The summed E-state index contributed by atoms with van der Waals surface area (Å²) in [7, 11) is 0. The van der Waals surface area contributed by atoms with Gasteiger partial charge in [-0.05, 0) is 44.0 Å². The number of piperidine rings is 1. The number of benzene rings is 1. The zero-order valence-corrected chi connectivity index (χ0v) is 11.3. The molecule has 0 spiro atoms. The van der Waals surface area contributed by atoms with Crippen LogP contribution in [-0.2, 0) is 0 Å². The largest absolute Gasteiger partial charge is 0.494 e. The normalized spacial score (nSPS) is 17.4. The molecule has 1 fully saturated rings. The lowest BCUT2D eigenvalue weighted by Crippen LogP contribution is -2.39. The fourth-order valence-electron chi connectivity index (χ4n) is 2.28. The van der Waals surface area contributed by atoms with Gasteiger partial charge in [-0.2, -0.15) is 0 Å². The second-order valence-corrected chi connectivity index (χ2v) is 4.89. The smallest absolute Gasteiger partial charge is 0.176 e. The quantitative estimate of drug-likeness (QED) is 0.822. The minimum atomic E-state index is -0.197. The van der Waals surface area contributed by atoms with Crippen LogP contribution >= 0.6 is 0 Å². The van der Waals surface area contributed by atoms with Crippen LogP contribution in [0.5, 0.6) is 5.75 Å². The van der Waals surface area contributed by atoms with Gasteiger partial charge in [0.05, 0.1) is 19.3 Å². The topological polar surface area (TPSA) is 49.8 Å². The summed E-state index contributed by atoms with van der Waals surface area (Å²) in [6, 6.07) is 7.28. The van der Waals surface area contributed by atoms with E-state index in [2.05, 4.69) is 4.90 Å². The number of likely N-dealkylation sites (tertiary alicyclic amines) is 1. The third-order valence-corrected chi connectivity index (χ3v) is 3.41. The van der Waals surface area contributed by atoms with Crippen molar-refractivity contribution >= 4 is 5.78 Å². The molecule has 4 nitrogen and oxygen atoms in total. The number of rotatable bonds is 5. The minimum Gasteiger partial charge on any atom is -0.494 e. The molecule has 4 heteroatoms. The number of ether oxygens (including phenoxy) is 1. The van der Waals surface area contributed by atoms with Gasteiger partial charge in [0.25, 0.3) is 0 Å². The van der Waals surface area contributed by atoms with Crippen molar-refractivity contribution in [3.8, 4) is 5.75 Å². The minimum absolute atomic E-state index is 0.124. The highest BCUT2D eigenvalue weighted by molar-refractivity contribution is 5.97. The molecule has 0 atom stereocenters. The molecule has 104 valence electrons. The molecule has 0 aliphatic carbocycles. The van der Waals surface area contributed by atoms with Crippen molar-refractivity contribution in [2.24, 2.45) is 0 Å². The van der Waals surface area contributed by atoms with E-state index in [1.54, 1.807) is 0 Å². The molecule has 1 saturated heterocycles. The molecule has 1 aromatic carbocycles. The van der Waals surface area contributed by atoms with Crippen molar-refractivity contribution in [2.75, 3.05) is 26.2 Å². The number of aliphatic hydroxyl groups is 1. The standard InChI is InChI=1S/C15H21NO3/c1-2-19-14-5-3-12(4-6-14)15(18)11-16-9-7-13(17)8-10-16/h3-6,13,17H,2,7-11H2,1H3. The summed E-state index contributed by atoms with van der Waals surface area (Å²) < 4.78 is 5.35. The Morgan fingerprint density at radius 2 is 1.95 bits per heavy atom. The molecule has 1 aromatic rings. The van der Waals surface area contributed by atoms with Crippen LogP contribution in [0.15, 0.2) is 24.3 Å². The van der Waals surface area contributed by atoms with E-state index in [4.69, 9.17) is 4.74 Å². The summed E-state index contributed by atoms with van der Waals surface area (Å²) in [5.74, 6) is 0.916. The monoisotopic (exact) mass is 263 g/mol. The molecule has 19 heavy (non-hydrogen) atoms. The maximum Gasteiger partial charge on any atom is 0.176 e. The summed E-state index contributed by atoms with van der Waals surface area (Å²) in [6.07, 6.45) is 1.32. The van der Waals surface area contributed by atoms with Crippen LogP contribution in [-0.4, -0.2) is 48.1 Å². The molecule has 1 aliphatic rings. The van der Waals surface area contributed by atoms with E-state index < -0.39 is 0 Å². The second kappa shape index (κ2) is 6.68. The van der Waals surface area contributed by atoms with Gasteiger partial charge in [0, 0.05) is 18.7 Å². The van der Waals surface area contributed by atoms with Crippen molar-refractivity contribution in [1.29, 1.82) is 0 Å². The van der Waals surface area contributed by atoms with Gasteiger partial charge in [-0.3, -0.25) is 9.69 Å². The lowest BCUT2D eigenvalue weighted by atomic mass is 10.1. The molecule has 0 saturated carbocycles. The first-order valence-electron chi connectivity index (χ1n) is 6.85. The lowest BCUT2D eigenvalue weighted by molar-refractivity contribution is 0.0711. The van der Waals surface area contributed by atoms with Gasteiger partial charge in [-0.15, -0.1) is 0 Å². The Kier molecular flexibility index (Phi) is 4.93. The number of hydrogen-bond acceptors (Lipinski definition) is 4. The molecule has 0 aromatic heterocycles. The summed E-state index contributed by atoms with van der Waals surface area (Å²) >= 11 is 0. The van der Waals surface area contributed by atoms with Crippen LogP contribution in [0.25, 0.3) is 0 Å². The molecule has 0 unspecified atom stereocenters. The Morgan fingerprint density at radius 3 is 2.53 bits per heavy atom. The number of hydrogen-bond donors (Lipinski definition) is 1. The number of carbonyl (C=O) groups is 1. The van der Waals surface area contributed by atoms with Gasteiger partial charge >= 0.3 is 0 Å². The first-order valence-corrected chi connectivity index (χ1v) is 6.85. The zero-order chi connectivity index (χ0) is 13.7. The van der Waals surface area contributed by atoms with Crippen molar-refractivity contribution in [3.05, 3.63) is 29.8 Å². The fourth-order valence-corrected chi connectivity index (χ4v) is 2.28. The molecule has 1 aliphatic heterocycles. The van der Waals surface area contributed by atoms with Crippen molar-refractivity contribution in [1.82, 2.24) is 4.90 Å². The van der Waals surface area contributed by atoms with E-state index in [9.17, 15) is 9.90 Å². The van der Waals surface area contributed by atoms with Crippen molar-refractivity contribution in [2.45, 2.75) is 25.9 Å². The second-order valence-electron chi connectivity index (χ2n) is 4.89. The number of ketones is 1. The molecular formula is C15H21NO3. The number of aliphatic hydroxyl groups excluding tert-OH is 1. The fraction of sp³-hybridized carbons (Fsp3) is 0.533. The maximum absolute atomic E-state index is 12.1. The van der Waals surface area contributed by atoms with Crippen LogP contribution in [0.2, 0.25) is 0 Å².